The lowest BCUT2D eigenvalue weighted by Crippen LogP contribution is -2.61. The minimum Gasteiger partial charge on any atom is -0.460 e. The van der Waals surface area contributed by atoms with E-state index in [4.69, 9.17) is 28.4 Å². The van der Waals surface area contributed by atoms with E-state index in [9.17, 15) is 72.8 Å². The largest absolute Gasteiger partial charge is 0.460 e. The Morgan fingerprint density at radius 3 is 2.17 bits per heavy atom. The summed E-state index contributed by atoms with van der Waals surface area (Å²) in [5.41, 5.74) is 1.14. The molecule has 0 spiro atoms. The first-order valence-electron chi connectivity index (χ1n) is 28.1. The third kappa shape index (κ3) is 18.6. The number of cyclic esters (lactones) is 1. The standard InChI is InChI=1S/C56H90N2O21P2/c1-33-17-12-11-13-18-34(2)45(74-8)31-41-22-20-39(7)56(67,79-41)51(62)52(63)58-26-15-14-19-42(58)53(64)77-46(32-43(59)35(3)28-38(6)49(61)50(76-10)48(60)37(5)27-33)36(4)29-40-21-23-44(47(30-40)75-9)78-54(65)57-25-16-24-55(66,80(68,69)70)81(71,72)73/h11-13,17-18,28,33,35-37,39-42,44-47,49-50,61,66-67H,14-16,19-27,29-32H2,1-10H3,(H,57,65)(H2,68,69,70)(H2,71,72,73)/b13-11?,17-12+,34-18?,38-28+/t33-,35-,36-,37-,39-,40+,41+,42+,44-,45+,46+,47-,49-,50+,56-/m1/s1. The lowest BCUT2D eigenvalue weighted by atomic mass is 9.78. The number of nitrogens with one attached hydrogen (secondary N) is 1. The molecule has 0 aromatic heterocycles. The Bertz CT molecular complexity index is 2380. The molecule has 2 saturated heterocycles. The summed E-state index contributed by atoms with van der Waals surface area (Å²) in [4.78, 5) is 123. The Hall–Kier alpha value is -3.80. The highest BCUT2D eigenvalue weighted by atomic mass is 31.2. The Kier molecular flexibility index (Phi) is 26.5. The highest BCUT2D eigenvalue weighted by Gasteiger charge is 2.59. The summed E-state index contributed by atoms with van der Waals surface area (Å²) in [5, 5.41) is 32.4. The number of Topliss-reactive ketones (excluding diaryl/α,β-unsaturated/α-hetero) is 3. The predicted octanol–water partition coefficient (Wildman–Crippen LogP) is 5.70. The topological polar surface area (TPSA) is 349 Å². The Morgan fingerprint density at radius 1 is 0.864 bits per heavy atom. The number of piperidine rings is 1. The zero-order valence-electron chi connectivity index (χ0n) is 48.5. The fraction of sp³-hybridized carbons (Fsp3) is 0.750. The summed E-state index contributed by atoms with van der Waals surface area (Å²) in [7, 11) is -7.08. The van der Waals surface area contributed by atoms with Crippen LogP contribution in [0.15, 0.2) is 47.6 Å². The molecular formula is C56H90N2O21P2. The van der Waals surface area contributed by atoms with Gasteiger partial charge in [-0.05, 0) is 113 Å². The van der Waals surface area contributed by atoms with Gasteiger partial charge >= 0.3 is 27.3 Å². The van der Waals surface area contributed by atoms with Crippen molar-refractivity contribution in [2.24, 2.45) is 35.5 Å². The summed E-state index contributed by atoms with van der Waals surface area (Å²) >= 11 is 0. The number of nitrogens with zero attached hydrogens (tertiary/aromatic N) is 1. The maximum atomic E-state index is 14.6. The fourth-order valence-electron chi connectivity index (χ4n) is 11.4. The Labute approximate surface area is 475 Å². The number of hydrogen-bond donors (Lipinski definition) is 8. The molecule has 0 radical (unpaired) electrons. The van der Waals surface area contributed by atoms with Gasteiger partial charge in [-0.25, -0.2) is 9.59 Å². The number of aliphatic hydroxyl groups excluding tert-OH is 1. The molecule has 4 aliphatic rings. The smallest absolute Gasteiger partial charge is 0.407 e. The van der Waals surface area contributed by atoms with Gasteiger partial charge in [0.2, 0.25) is 5.79 Å². The molecule has 4 rings (SSSR count). The highest BCUT2D eigenvalue weighted by molar-refractivity contribution is 7.72. The van der Waals surface area contributed by atoms with Gasteiger partial charge in [0.25, 0.3) is 16.8 Å². The van der Waals surface area contributed by atoms with Crippen LogP contribution in [0.5, 0.6) is 0 Å². The maximum absolute atomic E-state index is 14.6. The van der Waals surface area contributed by atoms with Gasteiger partial charge in [-0.1, -0.05) is 71.1 Å². The molecule has 0 aromatic rings. The van der Waals surface area contributed by atoms with E-state index in [1.165, 1.54) is 14.2 Å². The molecule has 81 heavy (non-hydrogen) atoms. The van der Waals surface area contributed by atoms with Crippen LogP contribution < -0.4 is 5.32 Å². The first-order chi connectivity index (χ1) is 37.8. The first kappa shape index (κ1) is 69.7. The fourth-order valence-corrected chi connectivity index (χ4v) is 13.6. The number of hydrogen-bond acceptors (Lipinski definition) is 17. The summed E-state index contributed by atoms with van der Waals surface area (Å²) in [5.74, 6) is -9.24. The van der Waals surface area contributed by atoms with Crippen LogP contribution in [0.3, 0.4) is 0 Å². The van der Waals surface area contributed by atoms with Crippen LogP contribution in [0.2, 0.25) is 0 Å². The number of rotatable bonds is 13. The van der Waals surface area contributed by atoms with E-state index in [0.717, 1.165) is 10.5 Å². The summed E-state index contributed by atoms with van der Waals surface area (Å²) in [6.45, 7) is 11.9. The van der Waals surface area contributed by atoms with Gasteiger partial charge in [-0.3, -0.25) is 28.3 Å². The van der Waals surface area contributed by atoms with Crippen molar-refractivity contribution in [3.63, 3.8) is 0 Å². The second kappa shape index (κ2) is 30.8. The molecule has 2 bridgehead atoms. The average molecular weight is 1190 g/mol. The van der Waals surface area contributed by atoms with Gasteiger partial charge in [0.05, 0.1) is 18.3 Å². The normalized spacial score (nSPS) is 34.3. The van der Waals surface area contributed by atoms with Crippen molar-refractivity contribution in [1.82, 2.24) is 10.2 Å². The van der Waals surface area contributed by atoms with Crippen LogP contribution in [0.1, 0.15) is 138 Å². The van der Waals surface area contributed by atoms with Gasteiger partial charge in [0.1, 0.15) is 36.2 Å². The monoisotopic (exact) mass is 1190 g/mol. The third-order valence-electron chi connectivity index (χ3n) is 16.6. The molecule has 23 nitrogen and oxygen atoms in total. The van der Waals surface area contributed by atoms with E-state index in [1.54, 1.807) is 47.8 Å². The van der Waals surface area contributed by atoms with Gasteiger partial charge in [-0.2, -0.15) is 0 Å². The average Bonchev–Trinajstić information content (AvgIpc) is 3.48. The van der Waals surface area contributed by atoms with E-state index in [1.807, 2.05) is 44.2 Å². The number of carbonyl (C=O) groups excluding carboxylic acids is 6. The van der Waals surface area contributed by atoms with Crippen LogP contribution >= 0.6 is 15.2 Å². The van der Waals surface area contributed by atoms with Crippen molar-refractivity contribution in [2.45, 2.75) is 198 Å². The second-order valence-corrected chi connectivity index (χ2v) is 26.9. The lowest BCUT2D eigenvalue weighted by Gasteiger charge is -2.42. The molecule has 3 aliphatic heterocycles. The Balaban J connectivity index is 1.62. The summed E-state index contributed by atoms with van der Waals surface area (Å²) in [6.07, 6.45) is 5.95. The van der Waals surface area contributed by atoms with E-state index < -0.39 is 135 Å². The van der Waals surface area contributed by atoms with Crippen molar-refractivity contribution in [2.75, 3.05) is 34.4 Å². The van der Waals surface area contributed by atoms with Crippen molar-refractivity contribution in [3.8, 4) is 0 Å². The number of amides is 2. The van der Waals surface area contributed by atoms with Gasteiger partial charge < -0.3 is 73.5 Å². The number of carbonyl (C=O) groups is 6. The zero-order valence-corrected chi connectivity index (χ0v) is 50.3. The van der Waals surface area contributed by atoms with Crippen molar-refractivity contribution in [1.29, 1.82) is 0 Å². The van der Waals surface area contributed by atoms with Crippen molar-refractivity contribution < 1.29 is 101 Å². The van der Waals surface area contributed by atoms with Crippen LogP contribution in [-0.4, -0.2) is 169 Å². The third-order valence-corrected chi connectivity index (χ3v) is 20.5. The molecular weight excluding hydrogens is 1100 g/mol. The zero-order chi connectivity index (χ0) is 60.8. The molecule has 3 heterocycles. The molecule has 15 atom stereocenters. The minimum atomic E-state index is -5.69. The lowest BCUT2D eigenvalue weighted by molar-refractivity contribution is -0.265. The number of ether oxygens (including phenoxy) is 6. The van der Waals surface area contributed by atoms with Gasteiger partial charge in [-0.15, -0.1) is 0 Å². The molecule has 0 aromatic carbocycles. The molecule has 460 valence electrons. The predicted molar refractivity (Wildman–Crippen MR) is 296 cm³/mol. The first-order valence-corrected chi connectivity index (χ1v) is 31.3. The maximum Gasteiger partial charge on any atom is 0.407 e. The molecule has 2 amide bonds. The molecule has 3 fully saturated rings. The minimum absolute atomic E-state index is 0.000230. The van der Waals surface area contributed by atoms with E-state index in [-0.39, 0.29) is 62.2 Å². The molecule has 8 N–H and O–H groups in total. The number of alkyl carbamates (subject to hydrolysis) is 1. The van der Waals surface area contributed by atoms with Crippen LogP contribution in [0.4, 0.5) is 4.79 Å². The number of fused-ring (bicyclic) bond motifs is 3. The van der Waals surface area contributed by atoms with E-state index >= 15 is 0 Å². The Morgan fingerprint density at radius 2 is 1.54 bits per heavy atom. The van der Waals surface area contributed by atoms with Crippen LogP contribution in [0, 0.1) is 35.5 Å². The van der Waals surface area contributed by atoms with Crippen LogP contribution in [-0.2, 0) is 61.5 Å². The molecule has 1 aliphatic carbocycles. The molecule has 1 saturated carbocycles. The van der Waals surface area contributed by atoms with Gasteiger partial charge in [0, 0.05) is 71.4 Å². The number of esters is 1. The number of allylic oxidation sites excluding steroid dienone is 6. The van der Waals surface area contributed by atoms with Crippen molar-refractivity contribution in [3.05, 3.63) is 47.6 Å². The number of methoxy groups -OCH3 is 3. The van der Waals surface area contributed by atoms with E-state index in [0.29, 0.717) is 56.9 Å². The van der Waals surface area contributed by atoms with Gasteiger partial charge in [0.15, 0.2) is 5.78 Å². The SMILES string of the molecule is CO[C@H]1C[C@@H]2CC[C@@H](C)[C@@](O)(O2)C(=O)C(=O)N2CCCC[C@H]2C(=O)O[C@H]([C@H](C)C[C@@H]2CC[C@@H](OC(=O)NCCCC(O)(P(=O)(O)O)P(=O)(O)O)[C@H](OC)C2)CC(=O)[C@H](C)/C=C(\C)[C@@H](O)[C@@H](OC)C(=O)[C@H](C)C[C@H](C)/C=C/C=CC=C1C. The summed E-state index contributed by atoms with van der Waals surface area (Å²) in [6, 6.07) is -1.26. The molecule has 0 unspecified atom stereocenters. The quantitative estimate of drug-likeness (QED) is 0.0360. The molecule has 25 heteroatoms. The van der Waals surface area contributed by atoms with Crippen LogP contribution in [0.25, 0.3) is 0 Å². The number of ketones is 3. The second-order valence-electron chi connectivity index (χ2n) is 22.9. The number of aliphatic hydroxyl groups is 3. The van der Waals surface area contributed by atoms with Crippen molar-refractivity contribution >= 4 is 50.5 Å². The highest BCUT2D eigenvalue weighted by Crippen LogP contribution is 2.69. The summed E-state index contributed by atoms with van der Waals surface area (Å²) < 4.78 is 58.7. The van der Waals surface area contributed by atoms with E-state index in [2.05, 4.69) is 5.32 Å².